The average molecular weight is 289 g/mol. The van der Waals surface area contributed by atoms with Gasteiger partial charge in [0, 0.05) is 26.0 Å². The fourth-order valence-corrected chi connectivity index (χ4v) is 1.66. The molecule has 0 bridgehead atoms. The number of rotatable bonds is 5. The molecule has 0 aliphatic rings. The van der Waals surface area contributed by atoms with Crippen LogP contribution < -0.4 is 5.32 Å². The lowest BCUT2D eigenvalue weighted by Gasteiger charge is -2.10. The molecule has 2 rings (SSSR count). The molecular formula is C14H15N3O4. The summed E-state index contributed by atoms with van der Waals surface area (Å²) in [6.07, 6.45) is 1.53. The summed E-state index contributed by atoms with van der Waals surface area (Å²) in [5, 5.41) is 11.8. The zero-order chi connectivity index (χ0) is 15.4. The van der Waals surface area contributed by atoms with Gasteiger partial charge in [0.1, 0.15) is 11.5 Å². The van der Waals surface area contributed by atoms with Crippen LogP contribution in [0.15, 0.2) is 34.9 Å². The number of furan rings is 1. The quantitative estimate of drug-likeness (QED) is 0.869. The molecule has 0 saturated heterocycles. The van der Waals surface area contributed by atoms with Gasteiger partial charge in [0.05, 0.1) is 6.54 Å². The van der Waals surface area contributed by atoms with E-state index in [2.05, 4.69) is 10.3 Å². The Hall–Kier alpha value is -2.83. The molecule has 0 saturated carbocycles. The lowest BCUT2D eigenvalue weighted by Crippen LogP contribution is -2.22. The first-order valence-corrected chi connectivity index (χ1v) is 6.21. The molecule has 0 aliphatic heterocycles. The Morgan fingerprint density at radius 3 is 2.71 bits per heavy atom. The second-order valence-corrected chi connectivity index (χ2v) is 4.55. The monoisotopic (exact) mass is 289 g/mol. The summed E-state index contributed by atoms with van der Waals surface area (Å²) >= 11 is 0. The molecule has 2 aromatic rings. The zero-order valence-corrected chi connectivity index (χ0v) is 11.7. The maximum absolute atomic E-state index is 11.8. The van der Waals surface area contributed by atoms with E-state index in [9.17, 15) is 9.59 Å². The van der Waals surface area contributed by atoms with Gasteiger partial charge >= 0.3 is 5.97 Å². The van der Waals surface area contributed by atoms with Crippen LogP contribution in [0, 0.1) is 0 Å². The second kappa shape index (κ2) is 6.08. The number of aromatic nitrogens is 1. The van der Waals surface area contributed by atoms with Crippen LogP contribution in [0.1, 0.15) is 26.8 Å². The lowest BCUT2D eigenvalue weighted by molar-refractivity contribution is 0.0660. The first-order valence-electron chi connectivity index (χ1n) is 6.21. The van der Waals surface area contributed by atoms with Gasteiger partial charge in [0.25, 0.3) is 5.91 Å². The molecule has 0 fully saturated rings. The fourth-order valence-electron chi connectivity index (χ4n) is 1.66. The molecule has 0 aliphatic carbocycles. The van der Waals surface area contributed by atoms with E-state index in [4.69, 9.17) is 9.52 Å². The van der Waals surface area contributed by atoms with Gasteiger partial charge in [-0.25, -0.2) is 4.79 Å². The third-order valence-corrected chi connectivity index (χ3v) is 2.72. The van der Waals surface area contributed by atoms with Gasteiger partial charge < -0.3 is 19.7 Å². The SMILES string of the molecule is CN(C)C(=O)c1cc(NCc2ccc(C(=O)O)o2)ccn1. The summed E-state index contributed by atoms with van der Waals surface area (Å²) in [5.41, 5.74) is 1.03. The van der Waals surface area contributed by atoms with E-state index in [0.29, 0.717) is 23.7 Å². The van der Waals surface area contributed by atoms with Crippen molar-refractivity contribution in [2.24, 2.45) is 0 Å². The molecule has 0 atom stereocenters. The molecule has 7 heteroatoms. The smallest absolute Gasteiger partial charge is 0.371 e. The van der Waals surface area contributed by atoms with Crippen LogP contribution in [-0.4, -0.2) is 41.0 Å². The lowest BCUT2D eigenvalue weighted by atomic mass is 10.3. The van der Waals surface area contributed by atoms with Crippen molar-refractivity contribution >= 4 is 17.6 Å². The summed E-state index contributed by atoms with van der Waals surface area (Å²) < 4.78 is 5.13. The van der Waals surface area contributed by atoms with Gasteiger partial charge in [0.2, 0.25) is 5.76 Å². The van der Waals surface area contributed by atoms with Crippen molar-refractivity contribution in [2.75, 3.05) is 19.4 Å². The van der Waals surface area contributed by atoms with Crippen LogP contribution in [0.4, 0.5) is 5.69 Å². The van der Waals surface area contributed by atoms with Crippen molar-refractivity contribution in [2.45, 2.75) is 6.54 Å². The highest BCUT2D eigenvalue weighted by Crippen LogP contribution is 2.13. The summed E-state index contributed by atoms with van der Waals surface area (Å²) in [7, 11) is 3.31. The summed E-state index contributed by atoms with van der Waals surface area (Å²) in [6, 6.07) is 6.33. The number of carbonyl (C=O) groups excluding carboxylic acids is 1. The van der Waals surface area contributed by atoms with Crippen molar-refractivity contribution in [1.29, 1.82) is 0 Å². The number of hydrogen-bond donors (Lipinski definition) is 2. The van der Waals surface area contributed by atoms with Gasteiger partial charge in [-0.1, -0.05) is 0 Å². The number of aromatic carboxylic acids is 1. The highest BCUT2D eigenvalue weighted by Gasteiger charge is 2.11. The Morgan fingerprint density at radius 1 is 1.33 bits per heavy atom. The van der Waals surface area contributed by atoms with Crippen LogP contribution >= 0.6 is 0 Å². The number of pyridine rings is 1. The predicted octanol–water partition coefficient (Wildman–Crippen LogP) is 1.69. The molecule has 0 aromatic carbocycles. The number of carbonyl (C=O) groups is 2. The molecule has 2 aromatic heterocycles. The van der Waals surface area contributed by atoms with E-state index in [1.165, 1.54) is 17.2 Å². The molecule has 7 nitrogen and oxygen atoms in total. The first kappa shape index (κ1) is 14.6. The maximum atomic E-state index is 11.8. The number of hydrogen-bond acceptors (Lipinski definition) is 5. The zero-order valence-electron chi connectivity index (χ0n) is 11.7. The van der Waals surface area contributed by atoms with Gasteiger partial charge in [-0.3, -0.25) is 9.78 Å². The van der Waals surface area contributed by atoms with Crippen molar-refractivity contribution < 1.29 is 19.1 Å². The van der Waals surface area contributed by atoms with Gasteiger partial charge in [-0.2, -0.15) is 0 Å². The van der Waals surface area contributed by atoms with E-state index in [-0.39, 0.29) is 11.7 Å². The Bertz CT molecular complexity index is 664. The number of carboxylic acid groups (broad SMARTS) is 1. The highest BCUT2D eigenvalue weighted by atomic mass is 16.4. The summed E-state index contributed by atoms with van der Waals surface area (Å²) in [6.45, 7) is 0.312. The van der Waals surface area contributed by atoms with Crippen LogP contribution in [0.3, 0.4) is 0 Å². The standard InChI is InChI=1S/C14H15N3O4/c1-17(2)13(18)11-7-9(5-6-15-11)16-8-10-3-4-12(21-10)14(19)20/h3-7H,8H2,1-2H3,(H,15,16)(H,19,20). The topological polar surface area (TPSA) is 95.7 Å². The third kappa shape index (κ3) is 3.59. The van der Waals surface area contributed by atoms with Crippen molar-refractivity contribution in [3.05, 3.63) is 47.7 Å². The molecular weight excluding hydrogens is 274 g/mol. The second-order valence-electron chi connectivity index (χ2n) is 4.55. The van der Waals surface area contributed by atoms with Crippen LogP contribution in [0.2, 0.25) is 0 Å². The van der Waals surface area contributed by atoms with Crippen molar-refractivity contribution in [3.8, 4) is 0 Å². The van der Waals surface area contributed by atoms with Crippen molar-refractivity contribution in [1.82, 2.24) is 9.88 Å². The Kier molecular flexibility index (Phi) is 4.22. The molecule has 2 heterocycles. The molecule has 21 heavy (non-hydrogen) atoms. The van der Waals surface area contributed by atoms with Crippen LogP contribution in [0.5, 0.6) is 0 Å². The number of carboxylic acids is 1. The first-order chi connectivity index (χ1) is 9.97. The molecule has 0 spiro atoms. The minimum absolute atomic E-state index is 0.106. The minimum atomic E-state index is -1.11. The fraction of sp³-hybridized carbons (Fsp3) is 0.214. The van der Waals surface area contributed by atoms with Gasteiger partial charge in [-0.05, 0) is 24.3 Å². The van der Waals surface area contributed by atoms with E-state index in [1.54, 1.807) is 32.3 Å². The Morgan fingerprint density at radius 2 is 2.10 bits per heavy atom. The third-order valence-electron chi connectivity index (χ3n) is 2.72. The van der Waals surface area contributed by atoms with E-state index < -0.39 is 5.97 Å². The van der Waals surface area contributed by atoms with Gasteiger partial charge in [0.15, 0.2) is 0 Å². The Labute approximate surface area is 121 Å². The maximum Gasteiger partial charge on any atom is 0.371 e. The van der Waals surface area contributed by atoms with E-state index >= 15 is 0 Å². The number of amides is 1. The molecule has 0 unspecified atom stereocenters. The molecule has 0 radical (unpaired) electrons. The normalized spacial score (nSPS) is 10.2. The molecule has 1 amide bonds. The van der Waals surface area contributed by atoms with Gasteiger partial charge in [-0.15, -0.1) is 0 Å². The molecule has 110 valence electrons. The minimum Gasteiger partial charge on any atom is -0.475 e. The van der Waals surface area contributed by atoms with Crippen molar-refractivity contribution in [3.63, 3.8) is 0 Å². The molecule has 2 N–H and O–H groups in total. The van der Waals surface area contributed by atoms with Crippen LogP contribution in [0.25, 0.3) is 0 Å². The van der Waals surface area contributed by atoms with Crippen LogP contribution in [-0.2, 0) is 6.54 Å². The average Bonchev–Trinajstić information content (AvgIpc) is 2.93. The van der Waals surface area contributed by atoms with E-state index in [1.807, 2.05) is 0 Å². The summed E-state index contributed by atoms with van der Waals surface area (Å²) in [4.78, 5) is 28.0. The largest absolute Gasteiger partial charge is 0.475 e. The predicted molar refractivity (Wildman–Crippen MR) is 75.2 cm³/mol. The highest BCUT2D eigenvalue weighted by molar-refractivity contribution is 5.92. The van der Waals surface area contributed by atoms with E-state index in [0.717, 1.165) is 0 Å². The summed E-state index contributed by atoms with van der Waals surface area (Å²) in [5.74, 6) is -0.913. The Balaban J connectivity index is 2.04. The number of nitrogens with one attached hydrogen (secondary N) is 1. The number of nitrogens with zero attached hydrogens (tertiary/aromatic N) is 2. The number of anilines is 1.